The molecule has 1 aliphatic heterocycles. The number of rotatable bonds is 4. The first-order chi connectivity index (χ1) is 9.22. The first-order valence-corrected chi connectivity index (χ1v) is 6.90. The summed E-state index contributed by atoms with van der Waals surface area (Å²) < 4.78 is 0. The fourth-order valence-electron chi connectivity index (χ4n) is 2.61. The molecule has 2 N–H and O–H groups in total. The van der Waals surface area contributed by atoms with E-state index >= 15 is 0 Å². The van der Waals surface area contributed by atoms with Crippen LogP contribution < -0.4 is 5.32 Å². The minimum absolute atomic E-state index is 0.0556. The standard InChI is InChI=1S/C15H22N2O2/c1-12-7-9-16-15(19)14(11-18)17(12)10-8-13-5-3-2-4-6-13/h2-6,12,14,18H,7-11H2,1H3,(H,16,19). The number of benzene rings is 1. The van der Waals surface area contributed by atoms with Crippen molar-refractivity contribution in [1.82, 2.24) is 10.2 Å². The van der Waals surface area contributed by atoms with Gasteiger partial charge in [-0.3, -0.25) is 9.69 Å². The zero-order valence-electron chi connectivity index (χ0n) is 11.4. The molecule has 1 saturated heterocycles. The van der Waals surface area contributed by atoms with Gasteiger partial charge in [0.25, 0.3) is 0 Å². The van der Waals surface area contributed by atoms with Crippen LogP contribution in [-0.2, 0) is 11.2 Å². The lowest BCUT2D eigenvalue weighted by molar-refractivity contribution is -0.127. The Labute approximate surface area is 114 Å². The van der Waals surface area contributed by atoms with E-state index in [2.05, 4.69) is 29.3 Å². The number of hydrogen-bond acceptors (Lipinski definition) is 3. The number of carbonyl (C=O) groups is 1. The van der Waals surface area contributed by atoms with E-state index in [9.17, 15) is 9.90 Å². The first kappa shape index (κ1) is 14.0. The highest BCUT2D eigenvalue weighted by molar-refractivity contribution is 5.82. The van der Waals surface area contributed by atoms with Gasteiger partial charge in [-0.05, 0) is 25.3 Å². The van der Waals surface area contributed by atoms with Crippen LogP contribution in [0.2, 0.25) is 0 Å². The van der Waals surface area contributed by atoms with Gasteiger partial charge in [-0.15, -0.1) is 0 Å². The maximum absolute atomic E-state index is 11.9. The van der Waals surface area contributed by atoms with Gasteiger partial charge in [-0.25, -0.2) is 0 Å². The van der Waals surface area contributed by atoms with Crippen LogP contribution >= 0.6 is 0 Å². The summed E-state index contributed by atoms with van der Waals surface area (Å²) in [5.74, 6) is -0.0556. The second-order valence-electron chi connectivity index (χ2n) is 5.10. The molecule has 1 fully saturated rings. The summed E-state index contributed by atoms with van der Waals surface area (Å²) in [5, 5.41) is 12.3. The van der Waals surface area contributed by atoms with Crippen LogP contribution in [0.1, 0.15) is 18.9 Å². The molecule has 0 radical (unpaired) electrons. The molecule has 4 heteroatoms. The van der Waals surface area contributed by atoms with E-state index in [4.69, 9.17) is 0 Å². The number of hydrogen-bond donors (Lipinski definition) is 2. The van der Waals surface area contributed by atoms with E-state index in [1.165, 1.54) is 5.56 Å². The van der Waals surface area contributed by atoms with E-state index in [0.29, 0.717) is 12.6 Å². The first-order valence-electron chi connectivity index (χ1n) is 6.90. The van der Waals surface area contributed by atoms with Crippen molar-refractivity contribution in [3.05, 3.63) is 35.9 Å². The van der Waals surface area contributed by atoms with Crippen molar-refractivity contribution in [2.45, 2.75) is 31.8 Å². The highest BCUT2D eigenvalue weighted by Gasteiger charge is 2.31. The average molecular weight is 262 g/mol. The molecule has 0 spiro atoms. The van der Waals surface area contributed by atoms with Crippen molar-refractivity contribution in [2.24, 2.45) is 0 Å². The van der Waals surface area contributed by atoms with Crippen LogP contribution in [0.15, 0.2) is 30.3 Å². The molecule has 19 heavy (non-hydrogen) atoms. The summed E-state index contributed by atoms with van der Waals surface area (Å²) in [4.78, 5) is 14.0. The maximum Gasteiger partial charge on any atom is 0.239 e. The van der Waals surface area contributed by atoms with Crippen LogP contribution in [0.5, 0.6) is 0 Å². The molecule has 2 rings (SSSR count). The van der Waals surface area contributed by atoms with Crippen molar-refractivity contribution in [1.29, 1.82) is 0 Å². The summed E-state index contributed by atoms with van der Waals surface area (Å²) in [6.07, 6.45) is 1.83. The van der Waals surface area contributed by atoms with Gasteiger partial charge >= 0.3 is 0 Å². The average Bonchev–Trinajstić information content (AvgIpc) is 2.56. The zero-order valence-corrected chi connectivity index (χ0v) is 11.4. The Bertz CT molecular complexity index is 408. The zero-order chi connectivity index (χ0) is 13.7. The van der Waals surface area contributed by atoms with Crippen LogP contribution in [0, 0.1) is 0 Å². The quantitative estimate of drug-likeness (QED) is 0.844. The van der Waals surface area contributed by atoms with E-state index in [0.717, 1.165) is 19.4 Å². The fraction of sp³-hybridized carbons (Fsp3) is 0.533. The van der Waals surface area contributed by atoms with E-state index < -0.39 is 6.04 Å². The molecule has 1 aliphatic rings. The Hall–Kier alpha value is -1.39. The number of nitrogens with zero attached hydrogens (tertiary/aromatic N) is 1. The van der Waals surface area contributed by atoms with E-state index in [1.807, 2.05) is 18.2 Å². The highest BCUT2D eigenvalue weighted by atomic mass is 16.3. The molecule has 1 amide bonds. The van der Waals surface area contributed by atoms with Crippen molar-refractivity contribution in [3.63, 3.8) is 0 Å². The second-order valence-corrected chi connectivity index (χ2v) is 5.10. The van der Waals surface area contributed by atoms with Crippen LogP contribution in [0.4, 0.5) is 0 Å². The molecule has 1 heterocycles. The second kappa shape index (κ2) is 6.68. The number of carbonyl (C=O) groups excluding carboxylic acids is 1. The lowest BCUT2D eigenvalue weighted by Gasteiger charge is -2.31. The summed E-state index contributed by atoms with van der Waals surface area (Å²) >= 11 is 0. The van der Waals surface area contributed by atoms with Crippen molar-refractivity contribution in [3.8, 4) is 0 Å². The molecule has 2 unspecified atom stereocenters. The molecule has 0 aromatic heterocycles. The lowest BCUT2D eigenvalue weighted by atomic mass is 10.1. The predicted molar refractivity (Wildman–Crippen MR) is 74.8 cm³/mol. The van der Waals surface area contributed by atoms with Gasteiger partial charge in [-0.1, -0.05) is 30.3 Å². The third-order valence-corrected chi connectivity index (χ3v) is 3.80. The molecule has 2 atom stereocenters. The Kier molecular flexibility index (Phi) is 4.93. The number of nitrogens with one attached hydrogen (secondary N) is 1. The molecular formula is C15H22N2O2. The molecular weight excluding hydrogens is 240 g/mol. The normalized spacial score (nSPS) is 24.8. The van der Waals surface area contributed by atoms with E-state index in [-0.39, 0.29) is 12.5 Å². The van der Waals surface area contributed by atoms with Crippen molar-refractivity contribution < 1.29 is 9.90 Å². The summed E-state index contributed by atoms with van der Waals surface area (Å²) in [6, 6.07) is 10.1. The topological polar surface area (TPSA) is 52.6 Å². The van der Waals surface area contributed by atoms with Crippen LogP contribution in [0.3, 0.4) is 0 Å². The summed E-state index contributed by atoms with van der Waals surface area (Å²) in [5.41, 5.74) is 1.26. The Morgan fingerprint density at radius 1 is 1.37 bits per heavy atom. The Morgan fingerprint density at radius 3 is 2.79 bits per heavy atom. The smallest absolute Gasteiger partial charge is 0.239 e. The van der Waals surface area contributed by atoms with Gasteiger partial charge in [-0.2, -0.15) is 0 Å². The molecule has 0 saturated carbocycles. The van der Waals surface area contributed by atoms with Gasteiger partial charge in [0.2, 0.25) is 5.91 Å². The minimum Gasteiger partial charge on any atom is -0.394 e. The number of amides is 1. The predicted octanol–water partition coefficient (Wildman–Crippen LogP) is 0.800. The molecule has 1 aromatic carbocycles. The molecule has 0 bridgehead atoms. The van der Waals surface area contributed by atoms with Gasteiger partial charge in [0, 0.05) is 19.1 Å². The number of aliphatic hydroxyl groups is 1. The van der Waals surface area contributed by atoms with Crippen LogP contribution in [0.25, 0.3) is 0 Å². The lowest BCUT2D eigenvalue weighted by Crippen LogP contribution is -2.49. The third kappa shape index (κ3) is 3.55. The van der Waals surface area contributed by atoms with Gasteiger partial charge in [0.05, 0.1) is 6.61 Å². The molecule has 4 nitrogen and oxygen atoms in total. The highest BCUT2D eigenvalue weighted by Crippen LogP contribution is 2.14. The van der Waals surface area contributed by atoms with Gasteiger partial charge < -0.3 is 10.4 Å². The number of aliphatic hydroxyl groups excluding tert-OH is 1. The van der Waals surface area contributed by atoms with Gasteiger partial charge in [0.15, 0.2) is 0 Å². The summed E-state index contributed by atoms with van der Waals surface area (Å²) in [6.45, 7) is 3.49. The molecule has 104 valence electrons. The Balaban J connectivity index is 2.03. The largest absolute Gasteiger partial charge is 0.394 e. The minimum atomic E-state index is -0.416. The van der Waals surface area contributed by atoms with Gasteiger partial charge in [0.1, 0.15) is 6.04 Å². The third-order valence-electron chi connectivity index (χ3n) is 3.80. The SMILES string of the molecule is CC1CCNC(=O)C(CO)N1CCc1ccccc1. The monoisotopic (exact) mass is 262 g/mol. The molecule has 0 aliphatic carbocycles. The van der Waals surface area contributed by atoms with Crippen molar-refractivity contribution >= 4 is 5.91 Å². The Morgan fingerprint density at radius 2 is 2.11 bits per heavy atom. The maximum atomic E-state index is 11.9. The van der Waals surface area contributed by atoms with Crippen molar-refractivity contribution in [2.75, 3.05) is 19.7 Å². The van der Waals surface area contributed by atoms with E-state index in [1.54, 1.807) is 0 Å². The van der Waals surface area contributed by atoms with Crippen LogP contribution in [-0.4, -0.2) is 47.7 Å². The fourth-order valence-corrected chi connectivity index (χ4v) is 2.61. The summed E-state index contributed by atoms with van der Waals surface area (Å²) in [7, 11) is 0. The molecule has 1 aromatic rings.